The molecule has 5 rings (SSSR count). The van der Waals surface area contributed by atoms with E-state index in [1.807, 2.05) is 6.92 Å². The van der Waals surface area contributed by atoms with Crippen LogP contribution in [0.4, 0.5) is 0 Å². The zero-order valence-corrected chi connectivity index (χ0v) is 49.7. The molecule has 5 aliphatic heterocycles. The van der Waals surface area contributed by atoms with Crippen LogP contribution < -0.4 is 0 Å². The molecule has 30 heteroatoms. The van der Waals surface area contributed by atoms with Crippen molar-refractivity contribution < 1.29 is 147 Å². The van der Waals surface area contributed by atoms with Crippen LogP contribution in [0.5, 0.6) is 0 Å². The van der Waals surface area contributed by atoms with Crippen molar-refractivity contribution in [3.63, 3.8) is 0 Å². The number of rotatable bonds is 30. The number of methoxy groups -OCH3 is 1. The van der Waals surface area contributed by atoms with E-state index in [-0.39, 0.29) is 6.42 Å². The first-order valence-corrected chi connectivity index (χ1v) is 29.5. The van der Waals surface area contributed by atoms with Crippen LogP contribution in [-0.2, 0) is 76.0 Å². The molecule has 30 nitrogen and oxygen atoms in total. The van der Waals surface area contributed by atoms with Crippen molar-refractivity contribution >= 4 is 17.9 Å². The lowest BCUT2D eigenvalue weighted by molar-refractivity contribution is -0.401. The van der Waals surface area contributed by atoms with Gasteiger partial charge in [0.2, 0.25) is 0 Å². The van der Waals surface area contributed by atoms with E-state index in [9.17, 15) is 85.9 Å². The zero-order valence-electron chi connectivity index (χ0n) is 49.7. The Bertz CT molecular complexity index is 1990. The number of esters is 3. The normalized spacial score (nSPS) is 41.2. The minimum atomic E-state index is -2.03. The van der Waals surface area contributed by atoms with Crippen molar-refractivity contribution in [3.05, 3.63) is 0 Å². The zero-order chi connectivity index (χ0) is 63.3. The van der Waals surface area contributed by atoms with Crippen LogP contribution in [0.15, 0.2) is 0 Å². The van der Waals surface area contributed by atoms with Gasteiger partial charge in [0.05, 0.1) is 75.2 Å². The van der Waals surface area contributed by atoms with Gasteiger partial charge in [-0.15, -0.1) is 0 Å². The highest BCUT2D eigenvalue weighted by Gasteiger charge is 2.56. The summed E-state index contributed by atoms with van der Waals surface area (Å²) in [5.74, 6) is -4.29. The van der Waals surface area contributed by atoms with E-state index in [1.165, 1.54) is 55.6 Å². The molecule has 5 heterocycles. The Kier molecular flexibility index (Phi) is 29.3. The standard InChI is InChI=1S/C55H96O30/c1-10-16-30(18-15-13-11-12-14-17-29(58)19-33(59)73-9)79-54-47(40(66)37(63)32(81-54)21-74-51-44(70)46(35(61)27(7)76-51)82-50(72)23(3)25(5)75-49(71)22(2)24(4)57)85-55-48(39(65)36(62)31(20-56)80-55)84-53-43(69)41(67)45(28(8)78-53)83-52-42(68)38(64)34(60)26(6)77-52/h22-32,34-48,51-58,60-70H,10-21H2,1-9H3/t22-,23-,24-,25-,26-,27+,28+,29+,30+,31-,32-,34-,35+,36-,37-,38+,39+,40+,41+,42-,43-,44-,45+,46-,47-,48-,51-,52+,53+,54-,55+/m1/s1. The van der Waals surface area contributed by atoms with Crippen LogP contribution in [0, 0.1) is 11.8 Å². The summed E-state index contributed by atoms with van der Waals surface area (Å²) < 4.78 is 75.6. The molecule has 31 atom stereocenters. The molecular formula is C55H96O30. The number of unbranched alkanes of at least 4 members (excludes halogenated alkanes) is 4. The average Bonchev–Trinajstić information content (AvgIpc) is 3.42. The molecule has 5 saturated heterocycles. The highest BCUT2D eigenvalue weighted by molar-refractivity contribution is 5.75. The Morgan fingerprint density at radius 1 is 0.494 bits per heavy atom. The molecule has 0 saturated carbocycles. The monoisotopic (exact) mass is 1240 g/mol. The summed E-state index contributed by atoms with van der Waals surface area (Å²) in [6.07, 6.45) is -40.7. The van der Waals surface area contributed by atoms with Gasteiger partial charge in [-0.2, -0.15) is 0 Å². The van der Waals surface area contributed by atoms with Crippen LogP contribution in [0.3, 0.4) is 0 Å². The summed E-state index contributed by atoms with van der Waals surface area (Å²) in [6.45, 7) is 10.2. The van der Waals surface area contributed by atoms with Crippen LogP contribution in [0.25, 0.3) is 0 Å². The summed E-state index contributed by atoms with van der Waals surface area (Å²) in [4.78, 5) is 37.5. The predicted molar refractivity (Wildman–Crippen MR) is 284 cm³/mol. The fraction of sp³-hybridized carbons (Fsp3) is 0.945. The summed E-state index contributed by atoms with van der Waals surface area (Å²) in [5.41, 5.74) is 0. The second-order valence-corrected chi connectivity index (χ2v) is 23.1. The van der Waals surface area contributed by atoms with Gasteiger partial charge < -0.3 is 133 Å². The third-order valence-corrected chi connectivity index (χ3v) is 16.5. The van der Waals surface area contributed by atoms with Crippen LogP contribution in [0.1, 0.15) is 120 Å². The molecule has 0 radical (unpaired) electrons. The van der Waals surface area contributed by atoms with Crippen molar-refractivity contribution in [1.29, 1.82) is 0 Å². The number of aliphatic hydroxyl groups excluding tert-OH is 14. The number of hydrogen-bond donors (Lipinski definition) is 14. The van der Waals surface area contributed by atoms with Crippen molar-refractivity contribution in [1.82, 2.24) is 0 Å². The number of ether oxygens (including phenoxy) is 13. The fourth-order valence-electron chi connectivity index (χ4n) is 10.4. The maximum atomic E-state index is 13.4. The Hall–Kier alpha value is -2.55. The maximum Gasteiger partial charge on any atom is 0.312 e. The Morgan fingerprint density at radius 2 is 1.01 bits per heavy atom. The van der Waals surface area contributed by atoms with E-state index in [4.69, 9.17) is 56.8 Å². The first-order chi connectivity index (χ1) is 40.1. The molecule has 5 fully saturated rings. The van der Waals surface area contributed by atoms with E-state index >= 15 is 0 Å². The summed E-state index contributed by atoms with van der Waals surface area (Å²) in [7, 11) is 1.24. The van der Waals surface area contributed by atoms with Gasteiger partial charge in [0, 0.05) is 0 Å². The van der Waals surface area contributed by atoms with Gasteiger partial charge in [0.1, 0.15) is 104 Å². The van der Waals surface area contributed by atoms with Gasteiger partial charge in [-0.3, -0.25) is 14.4 Å². The van der Waals surface area contributed by atoms with Crippen molar-refractivity contribution in [3.8, 4) is 0 Å². The number of carbonyl (C=O) groups is 3. The Labute approximate surface area is 493 Å². The third kappa shape index (κ3) is 19.2. The van der Waals surface area contributed by atoms with Crippen LogP contribution >= 0.6 is 0 Å². The fourth-order valence-corrected chi connectivity index (χ4v) is 10.4. The van der Waals surface area contributed by atoms with Gasteiger partial charge in [-0.25, -0.2) is 0 Å². The molecule has 0 amide bonds. The summed E-state index contributed by atoms with van der Waals surface area (Å²) in [6, 6.07) is 0. The van der Waals surface area contributed by atoms with Crippen molar-refractivity contribution in [2.45, 2.75) is 298 Å². The largest absolute Gasteiger partial charge is 0.469 e. The second kappa shape index (κ2) is 34.0. The smallest absolute Gasteiger partial charge is 0.312 e. The molecule has 0 aromatic heterocycles. The van der Waals surface area contributed by atoms with E-state index in [0.717, 1.165) is 19.3 Å². The number of carbonyl (C=O) groups excluding carboxylic acids is 3. The van der Waals surface area contributed by atoms with E-state index in [2.05, 4.69) is 4.74 Å². The molecule has 0 bridgehead atoms. The number of aliphatic hydroxyl groups is 14. The van der Waals surface area contributed by atoms with Gasteiger partial charge in [-0.05, 0) is 67.7 Å². The van der Waals surface area contributed by atoms with Crippen LogP contribution in [-0.4, -0.2) is 288 Å². The molecule has 14 N–H and O–H groups in total. The van der Waals surface area contributed by atoms with Gasteiger partial charge in [0.25, 0.3) is 0 Å². The first-order valence-electron chi connectivity index (χ1n) is 29.5. The lowest BCUT2D eigenvalue weighted by atomic mass is 9.96. The van der Waals surface area contributed by atoms with Crippen LogP contribution in [0.2, 0.25) is 0 Å². The van der Waals surface area contributed by atoms with Gasteiger partial charge >= 0.3 is 17.9 Å². The lowest BCUT2D eigenvalue weighted by Gasteiger charge is -2.49. The molecule has 85 heavy (non-hydrogen) atoms. The van der Waals surface area contributed by atoms with Crippen molar-refractivity contribution in [2.75, 3.05) is 20.3 Å². The van der Waals surface area contributed by atoms with E-state index < -0.39 is 221 Å². The Balaban J connectivity index is 1.35. The summed E-state index contributed by atoms with van der Waals surface area (Å²) >= 11 is 0. The minimum absolute atomic E-state index is 0.113. The molecule has 0 aliphatic carbocycles. The third-order valence-electron chi connectivity index (χ3n) is 16.5. The molecule has 0 unspecified atom stereocenters. The van der Waals surface area contributed by atoms with Gasteiger partial charge in [0.15, 0.2) is 37.6 Å². The highest BCUT2D eigenvalue weighted by atomic mass is 16.8. The SMILES string of the molecule is CCC[C@@H](CCCCCCC[C@H](O)CC(=O)OC)O[C@@H]1O[C@H](CO[C@@H]2O[C@@H](C)[C@H](O)[C@@H](OC(=O)[C@H](C)[C@@H](C)OC(=O)[C@H](C)[C@@H](C)O)[C@H]2O)[C@@H](O)[C@H](O)[C@H]1O[C@@H]1O[C@H](CO)[C@@H](O)[C@H](O)[C@H]1O[C@@H]1O[C@@H](C)[C@H](O[C@@H]2O[C@H](C)[C@@H](O)[C@H](O)[C@H]2O)[C@@H](O)[C@H]1O. The average molecular weight is 1240 g/mol. The van der Waals surface area contributed by atoms with Crippen molar-refractivity contribution in [2.24, 2.45) is 11.8 Å². The first kappa shape index (κ1) is 73.2. The molecule has 0 aromatic carbocycles. The molecule has 496 valence electrons. The lowest BCUT2D eigenvalue weighted by Crippen LogP contribution is -2.67. The Morgan fingerprint density at radius 3 is 1.62 bits per heavy atom. The minimum Gasteiger partial charge on any atom is -0.469 e. The second-order valence-electron chi connectivity index (χ2n) is 23.1. The molecule has 5 aliphatic rings. The molecule has 0 aromatic rings. The van der Waals surface area contributed by atoms with E-state index in [1.54, 1.807) is 0 Å². The highest BCUT2D eigenvalue weighted by Crippen LogP contribution is 2.37. The summed E-state index contributed by atoms with van der Waals surface area (Å²) in [5, 5.41) is 153. The quantitative estimate of drug-likeness (QED) is 0.0186. The topological polar surface area (TPSA) is 454 Å². The van der Waals surface area contributed by atoms with Gasteiger partial charge in [-0.1, -0.05) is 45.4 Å². The molecular weight excluding hydrogens is 1140 g/mol. The maximum absolute atomic E-state index is 13.4. The number of hydrogen-bond acceptors (Lipinski definition) is 30. The van der Waals surface area contributed by atoms with E-state index in [0.29, 0.717) is 38.5 Å². The predicted octanol–water partition coefficient (Wildman–Crippen LogP) is -3.86. The molecule has 0 spiro atoms.